The summed E-state index contributed by atoms with van der Waals surface area (Å²) >= 11 is 11.5. The molecule has 0 atom stereocenters. The number of carbonyl (C=O) groups is 1. The van der Waals surface area contributed by atoms with Gasteiger partial charge in [0.25, 0.3) is 0 Å². The highest BCUT2D eigenvalue weighted by atomic mass is 35.5. The fourth-order valence-electron chi connectivity index (χ4n) is 0.800. The van der Waals surface area contributed by atoms with Crippen molar-refractivity contribution in [3.63, 3.8) is 0 Å². The van der Waals surface area contributed by atoms with Gasteiger partial charge < -0.3 is 4.74 Å². The zero-order valence-electron chi connectivity index (χ0n) is 8.80. The van der Waals surface area contributed by atoms with Crippen LogP contribution in [0.5, 0.6) is 5.75 Å². The maximum Gasteiger partial charge on any atom is 0.316 e. The molecule has 0 heterocycles. The van der Waals surface area contributed by atoms with Crippen LogP contribution in [0.2, 0.25) is 10.0 Å². The molecular formula is C11H12Cl2O2. The summed E-state index contributed by atoms with van der Waals surface area (Å²) in [4.78, 5) is 11.5. The second kappa shape index (κ2) is 4.42. The van der Waals surface area contributed by atoms with Gasteiger partial charge in [-0.15, -0.1) is 0 Å². The topological polar surface area (TPSA) is 26.3 Å². The van der Waals surface area contributed by atoms with Gasteiger partial charge in [-0.1, -0.05) is 23.2 Å². The van der Waals surface area contributed by atoms with Crippen molar-refractivity contribution in [2.45, 2.75) is 20.8 Å². The number of benzene rings is 1. The molecule has 15 heavy (non-hydrogen) atoms. The summed E-state index contributed by atoms with van der Waals surface area (Å²) < 4.78 is 5.13. The van der Waals surface area contributed by atoms with Crippen molar-refractivity contribution >= 4 is 29.2 Å². The van der Waals surface area contributed by atoms with Crippen LogP contribution < -0.4 is 4.74 Å². The Morgan fingerprint density at radius 3 is 2.27 bits per heavy atom. The molecule has 0 fully saturated rings. The van der Waals surface area contributed by atoms with E-state index in [2.05, 4.69) is 0 Å². The van der Waals surface area contributed by atoms with Gasteiger partial charge in [-0.3, -0.25) is 4.79 Å². The maximum absolute atomic E-state index is 11.5. The Morgan fingerprint density at radius 1 is 1.20 bits per heavy atom. The zero-order chi connectivity index (χ0) is 11.6. The van der Waals surface area contributed by atoms with Crippen molar-refractivity contribution in [3.05, 3.63) is 28.2 Å². The number of hydrogen-bond acceptors (Lipinski definition) is 2. The molecule has 4 heteroatoms. The normalized spacial score (nSPS) is 11.3. The van der Waals surface area contributed by atoms with E-state index in [1.807, 2.05) is 0 Å². The minimum absolute atomic E-state index is 0.305. The third-order valence-electron chi connectivity index (χ3n) is 1.71. The molecule has 0 aromatic heterocycles. The van der Waals surface area contributed by atoms with E-state index in [0.717, 1.165) is 0 Å². The highest BCUT2D eigenvalue weighted by Gasteiger charge is 2.23. The molecule has 0 aliphatic carbocycles. The molecule has 0 N–H and O–H groups in total. The number of hydrogen-bond donors (Lipinski definition) is 0. The summed E-state index contributed by atoms with van der Waals surface area (Å²) in [5.41, 5.74) is -0.536. The van der Waals surface area contributed by atoms with Gasteiger partial charge in [0.15, 0.2) is 0 Å². The minimum Gasteiger partial charge on any atom is -0.426 e. The third kappa shape index (κ3) is 3.40. The summed E-state index contributed by atoms with van der Waals surface area (Å²) in [6, 6.07) is 4.72. The first-order chi connectivity index (χ1) is 6.80. The second-order valence-corrected chi connectivity index (χ2v) is 5.03. The number of esters is 1. The Hall–Kier alpha value is -0.730. The van der Waals surface area contributed by atoms with Gasteiger partial charge >= 0.3 is 5.97 Å². The molecule has 1 aromatic carbocycles. The summed E-state index contributed by atoms with van der Waals surface area (Å²) in [6.07, 6.45) is 0. The van der Waals surface area contributed by atoms with E-state index >= 15 is 0 Å². The largest absolute Gasteiger partial charge is 0.426 e. The maximum atomic E-state index is 11.5. The molecule has 0 unspecified atom stereocenters. The molecule has 0 aliphatic heterocycles. The Morgan fingerprint density at radius 2 is 1.80 bits per heavy atom. The highest BCUT2D eigenvalue weighted by molar-refractivity contribution is 6.42. The third-order valence-corrected chi connectivity index (χ3v) is 2.45. The fourth-order valence-corrected chi connectivity index (χ4v) is 1.09. The summed E-state index contributed by atoms with van der Waals surface area (Å²) in [7, 11) is 0. The van der Waals surface area contributed by atoms with Crippen molar-refractivity contribution < 1.29 is 9.53 Å². The smallest absolute Gasteiger partial charge is 0.316 e. The van der Waals surface area contributed by atoms with Gasteiger partial charge in [0.2, 0.25) is 0 Å². The van der Waals surface area contributed by atoms with Crippen LogP contribution in [0, 0.1) is 5.41 Å². The van der Waals surface area contributed by atoms with E-state index in [1.165, 1.54) is 6.07 Å². The van der Waals surface area contributed by atoms with Crippen LogP contribution in [0.25, 0.3) is 0 Å². The van der Waals surface area contributed by atoms with Crippen molar-refractivity contribution in [2.75, 3.05) is 0 Å². The molecule has 0 saturated carbocycles. The standard InChI is InChI=1S/C11H12Cl2O2/c1-11(2,3)10(14)15-7-4-5-8(12)9(13)6-7/h4-6H,1-3H3. The first-order valence-electron chi connectivity index (χ1n) is 4.48. The van der Waals surface area contributed by atoms with Crippen LogP contribution in [-0.4, -0.2) is 5.97 Å². The van der Waals surface area contributed by atoms with Crippen LogP contribution in [0.1, 0.15) is 20.8 Å². The number of rotatable bonds is 1. The van der Waals surface area contributed by atoms with Crippen LogP contribution in [0.4, 0.5) is 0 Å². The fraction of sp³-hybridized carbons (Fsp3) is 0.364. The molecule has 1 aromatic rings. The van der Waals surface area contributed by atoms with Gasteiger partial charge in [0.05, 0.1) is 15.5 Å². The summed E-state index contributed by atoms with van der Waals surface area (Å²) in [5, 5.41) is 0.808. The van der Waals surface area contributed by atoms with Crippen LogP contribution >= 0.6 is 23.2 Å². The molecule has 0 saturated heterocycles. The van der Waals surface area contributed by atoms with Gasteiger partial charge in [-0.05, 0) is 32.9 Å². The van der Waals surface area contributed by atoms with Crippen molar-refractivity contribution in [1.29, 1.82) is 0 Å². The first-order valence-corrected chi connectivity index (χ1v) is 5.23. The van der Waals surface area contributed by atoms with E-state index in [4.69, 9.17) is 27.9 Å². The molecule has 2 nitrogen and oxygen atoms in total. The quantitative estimate of drug-likeness (QED) is 0.554. The lowest BCUT2D eigenvalue weighted by Gasteiger charge is -2.16. The number of ether oxygens (including phenoxy) is 1. The highest BCUT2D eigenvalue weighted by Crippen LogP contribution is 2.27. The van der Waals surface area contributed by atoms with Crippen molar-refractivity contribution in [1.82, 2.24) is 0 Å². The van der Waals surface area contributed by atoms with E-state index in [1.54, 1.807) is 32.9 Å². The molecule has 1 rings (SSSR count). The average molecular weight is 247 g/mol. The van der Waals surface area contributed by atoms with Crippen LogP contribution in [-0.2, 0) is 4.79 Å². The van der Waals surface area contributed by atoms with E-state index in [-0.39, 0.29) is 5.97 Å². The van der Waals surface area contributed by atoms with Crippen molar-refractivity contribution in [2.24, 2.45) is 5.41 Å². The first kappa shape index (κ1) is 12.3. The monoisotopic (exact) mass is 246 g/mol. The van der Waals surface area contributed by atoms with Gasteiger partial charge in [0, 0.05) is 6.07 Å². The lowest BCUT2D eigenvalue weighted by atomic mass is 9.97. The number of halogens is 2. The zero-order valence-corrected chi connectivity index (χ0v) is 10.3. The predicted octanol–water partition coefficient (Wildman–Crippen LogP) is 3.94. The number of carbonyl (C=O) groups excluding carboxylic acids is 1. The SMILES string of the molecule is CC(C)(C)C(=O)Oc1ccc(Cl)c(Cl)c1. The predicted molar refractivity (Wildman–Crippen MR) is 61.6 cm³/mol. The van der Waals surface area contributed by atoms with E-state index in [9.17, 15) is 4.79 Å². The molecule has 0 amide bonds. The Kier molecular flexibility index (Phi) is 3.63. The Balaban J connectivity index is 2.83. The van der Waals surface area contributed by atoms with E-state index < -0.39 is 5.41 Å². The van der Waals surface area contributed by atoms with Gasteiger partial charge in [-0.25, -0.2) is 0 Å². The molecule has 0 aliphatic rings. The Labute approximate surface area is 99.1 Å². The van der Waals surface area contributed by atoms with Gasteiger partial charge in [-0.2, -0.15) is 0 Å². The molecular weight excluding hydrogens is 235 g/mol. The van der Waals surface area contributed by atoms with Crippen LogP contribution in [0.15, 0.2) is 18.2 Å². The van der Waals surface area contributed by atoms with Crippen LogP contribution in [0.3, 0.4) is 0 Å². The Bertz CT molecular complexity index is 381. The van der Waals surface area contributed by atoms with E-state index in [0.29, 0.717) is 15.8 Å². The minimum atomic E-state index is -0.536. The summed E-state index contributed by atoms with van der Waals surface area (Å²) in [6.45, 7) is 5.35. The molecule has 82 valence electrons. The lowest BCUT2D eigenvalue weighted by Crippen LogP contribution is -2.25. The molecule has 0 bridgehead atoms. The lowest BCUT2D eigenvalue weighted by molar-refractivity contribution is -0.142. The van der Waals surface area contributed by atoms with Crippen molar-refractivity contribution in [3.8, 4) is 5.75 Å². The molecule has 0 radical (unpaired) electrons. The second-order valence-electron chi connectivity index (χ2n) is 4.22. The van der Waals surface area contributed by atoms with Gasteiger partial charge in [0.1, 0.15) is 5.75 Å². The molecule has 0 spiro atoms. The summed E-state index contributed by atoms with van der Waals surface area (Å²) in [5.74, 6) is 0.102. The average Bonchev–Trinajstić information content (AvgIpc) is 2.10.